The number of carbonyl (C=O) groups is 1. The van der Waals surface area contributed by atoms with Crippen LogP contribution in [0.25, 0.3) is 22.4 Å². The molecule has 3 heterocycles. The predicted octanol–water partition coefficient (Wildman–Crippen LogP) is 4.89. The number of aromatic carboxylic acids is 1. The molecule has 4 rings (SSSR count). The molecule has 1 N–H and O–H groups in total. The van der Waals surface area contributed by atoms with Crippen molar-refractivity contribution in [1.29, 1.82) is 0 Å². The minimum atomic E-state index is -1.23. The molecule has 1 aliphatic rings. The highest BCUT2D eigenvalue weighted by molar-refractivity contribution is 6.76. The Bertz CT molecular complexity index is 1180. The van der Waals surface area contributed by atoms with Gasteiger partial charge in [-0.1, -0.05) is 50.8 Å². The molecule has 0 radical (unpaired) electrons. The second kappa shape index (κ2) is 9.57. The van der Waals surface area contributed by atoms with Gasteiger partial charge in [-0.25, -0.2) is 14.8 Å². The van der Waals surface area contributed by atoms with Gasteiger partial charge in [0.2, 0.25) is 0 Å². The van der Waals surface area contributed by atoms with E-state index in [9.17, 15) is 9.90 Å². The van der Waals surface area contributed by atoms with Gasteiger partial charge in [0.25, 0.3) is 0 Å². The molecular formula is C25H33N3O5Si. The highest BCUT2D eigenvalue weighted by Gasteiger charge is 2.33. The summed E-state index contributed by atoms with van der Waals surface area (Å²) >= 11 is 0. The number of rotatable bonds is 9. The molecule has 0 aliphatic carbocycles. The van der Waals surface area contributed by atoms with E-state index in [1.165, 1.54) is 6.20 Å². The molecule has 0 unspecified atom stereocenters. The lowest BCUT2D eigenvalue weighted by atomic mass is 10.0. The van der Waals surface area contributed by atoms with Gasteiger partial charge in [0.05, 0.1) is 25.1 Å². The zero-order chi connectivity index (χ0) is 24.5. The molecule has 9 heteroatoms. The van der Waals surface area contributed by atoms with Crippen molar-refractivity contribution in [2.45, 2.75) is 58.5 Å². The Morgan fingerprint density at radius 2 is 1.88 bits per heavy atom. The second-order valence-electron chi connectivity index (χ2n) is 9.91. The van der Waals surface area contributed by atoms with Crippen LogP contribution in [0, 0.1) is 0 Å². The third kappa shape index (κ3) is 4.93. The molecule has 0 spiro atoms. The van der Waals surface area contributed by atoms with Crippen LogP contribution < -0.4 is 0 Å². The molecule has 0 bridgehead atoms. The molecule has 1 fully saturated rings. The summed E-state index contributed by atoms with van der Waals surface area (Å²) in [6, 6.07) is 9.16. The summed E-state index contributed by atoms with van der Waals surface area (Å²) in [6.07, 6.45) is 1.99. The third-order valence-electron chi connectivity index (χ3n) is 6.16. The predicted molar refractivity (Wildman–Crippen MR) is 133 cm³/mol. The van der Waals surface area contributed by atoms with Crippen molar-refractivity contribution in [3.63, 3.8) is 0 Å². The zero-order valence-electron chi connectivity index (χ0n) is 20.6. The Hall–Kier alpha value is -2.59. The van der Waals surface area contributed by atoms with E-state index < -0.39 is 19.8 Å². The van der Waals surface area contributed by atoms with Crippen molar-refractivity contribution in [3.8, 4) is 11.3 Å². The van der Waals surface area contributed by atoms with Gasteiger partial charge < -0.3 is 19.3 Å². The molecule has 8 nitrogen and oxygen atoms in total. The summed E-state index contributed by atoms with van der Waals surface area (Å²) < 4.78 is 19.7. The van der Waals surface area contributed by atoms with Crippen molar-refractivity contribution in [2.75, 3.05) is 19.8 Å². The van der Waals surface area contributed by atoms with Crippen molar-refractivity contribution in [3.05, 3.63) is 47.3 Å². The zero-order valence-corrected chi connectivity index (χ0v) is 21.6. The van der Waals surface area contributed by atoms with Crippen LogP contribution in [0.2, 0.25) is 25.7 Å². The SMILES string of the molecule is CCc1c(-c2ccc(C3(C)OCCO3)cc2)n(COCC[Si](C)(C)C)c2ncc(C(=O)O)nc12. The van der Waals surface area contributed by atoms with Gasteiger partial charge in [0.1, 0.15) is 12.2 Å². The lowest BCUT2D eigenvalue weighted by Gasteiger charge is -2.23. The number of aromatic nitrogens is 3. The van der Waals surface area contributed by atoms with Crippen LogP contribution >= 0.6 is 0 Å². The second-order valence-corrected chi connectivity index (χ2v) is 15.5. The van der Waals surface area contributed by atoms with Gasteiger partial charge in [-0.3, -0.25) is 4.57 Å². The number of hydrogen-bond acceptors (Lipinski definition) is 6. The summed E-state index contributed by atoms with van der Waals surface area (Å²) in [5.74, 6) is -1.83. The largest absolute Gasteiger partial charge is 0.476 e. The van der Waals surface area contributed by atoms with Gasteiger partial charge in [0, 0.05) is 25.8 Å². The molecule has 2 aromatic heterocycles. The van der Waals surface area contributed by atoms with E-state index in [2.05, 4.69) is 29.6 Å². The van der Waals surface area contributed by atoms with Gasteiger partial charge in [-0.05, 0) is 25.0 Å². The topological polar surface area (TPSA) is 95.7 Å². The first-order chi connectivity index (χ1) is 16.1. The number of carboxylic acid groups (broad SMARTS) is 1. The van der Waals surface area contributed by atoms with E-state index in [1.54, 1.807) is 0 Å². The maximum atomic E-state index is 11.6. The summed E-state index contributed by atoms with van der Waals surface area (Å²) in [5, 5.41) is 9.46. The van der Waals surface area contributed by atoms with Crippen LogP contribution in [-0.4, -0.2) is 53.5 Å². The average molecular weight is 484 g/mol. The Labute approximate surface area is 200 Å². The lowest BCUT2D eigenvalue weighted by Crippen LogP contribution is -2.22. The molecule has 34 heavy (non-hydrogen) atoms. The monoisotopic (exact) mass is 483 g/mol. The Morgan fingerprint density at radius 3 is 2.47 bits per heavy atom. The van der Waals surface area contributed by atoms with Gasteiger partial charge in [0.15, 0.2) is 17.1 Å². The van der Waals surface area contributed by atoms with Crippen LogP contribution in [0.3, 0.4) is 0 Å². The first-order valence-electron chi connectivity index (χ1n) is 11.7. The number of hydrogen-bond donors (Lipinski definition) is 1. The fraction of sp³-hybridized carbons (Fsp3) is 0.480. The third-order valence-corrected chi connectivity index (χ3v) is 7.87. The summed E-state index contributed by atoms with van der Waals surface area (Å²) in [7, 11) is -1.23. The van der Waals surface area contributed by atoms with Crippen molar-refractivity contribution in [1.82, 2.24) is 14.5 Å². The van der Waals surface area contributed by atoms with Gasteiger partial charge in [-0.15, -0.1) is 0 Å². The number of aryl methyl sites for hydroxylation is 1. The van der Waals surface area contributed by atoms with Crippen molar-refractivity contribution in [2.24, 2.45) is 0 Å². The number of benzene rings is 1. The molecule has 0 saturated carbocycles. The number of ether oxygens (including phenoxy) is 3. The highest BCUT2D eigenvalue weighted by Crippen LogP contribution is 2.36. The highest BCUT2D eigenvalue weighted by atomic mass is 28.3. The van der Waals surface area contributed by atoms with E-state index in [0.717, 1.165) is 28.4 Å². The molecule has 0 atom stereocenters. The van der Waals surface area contributed by atoms with Crippen LogP contribution in [0.15, 0.2) is 30.5 Å². The first-order valence-corrected chi connectivity index (χ1v) is 15.4. The maximum Gasteiger partial charge on any atom is 0.356 e. The summed E-state index contributed by atoms with van der Waals surface area (Å²) in [6.45, 7) is 13.1. The van der Waals surface area contributed by atoms with E-state index in [4.69, 9.17) is 14.2 Å². The molecule has 1 aliphatic heterocycles. The van der Waals surface area contributed by atoms with Crippen LogP contribution in [0.5, 0.6) is 0 Å². The number of nitrogens with zero attached hydrogens (tertiary/aromatic N) is 3. The van der Waals surface area contributed by atoms with Crippen LogP contribution in [0.1, 0.15) is 35.5 Å². The molecule has 1 aromatic carbocycles. The Kier molecular flexibility index (Phi) is 6.91. The minimum absolute atomic E-state index is 0.0654. The van der Waals surface area contributed by atoms with Crippen molar-refractivity contribution < 1.29 is 24.1 Å². The fourth-order valence-electron chi connectivity index (χ4n) is 4.20. The number of carboxylic acids is 1. The summed E-state index contributed by atoms with van der Waals surface area (Å²) in [4.78, 5) is 20.5. The Morgan fingerprint density at radius 1 is 1.21 bits per heavy atom. The molecular weight excluding hydrogens is 450 g/mol. The van der Waals surface area contributed by atoms with Gasteiger partial charge in [-0.2, -0.15) is 0 Å². The quantitative estimate of drug-likeness (QED) is 0.342. The summed E-state index contributed by atoms with van der Waals surface area (Å²) in [5.41, 5.74) is 4.99. The standard InChI is InChI=1S/C25H33N3O5Si/c1-6-19-21-23(26-15-20(27-21)24(29)30)28(16-31-13-14-34(3,4)5)22(19)17-7-9-18(10-8-17)25(2)32-11-12-33-25/h7-10,15H,6,11-14,16H2,1-5H3,(H,29,30). The smallest absolute Gasteiger partial charge is 0.356 e. The minimum Gasteiger partial charge on any atom is -0.476 e. The van der Waals surface area contributed by atoms with E-state index >= 15 is 0 Å². The molecule has 1 saturated heterocycles. The molecule has 0 amide bonds. The van der Waals surface area contributed by atoms with Gasteiger partial charge >= 0.3 is 5.97 Å². The maximum absolute atomic E-state index is 11.6. The van der Waals surface area contributed by atoms with Crippen LogP contribution in [0.4, 0.5) is 0 Å². The molecule has 182 valence electrons. The Balaban J connectivity index is 1.77. The number of fused-ring (bicyclic) bond motifs is 1. The van der Waals surface area contributed by atoms with Crippen molar-refractivity contribution >= 4 is 25.2 Å². The van der Waals surface area contributed by atoms with Crippen LogP contribution in [-0.2, 0) is 33.1 Å². The van der Waals surface area contributed by atoms with E-state index in [1.807, 2.05) is 42.7 Å². The molecule has 3 aromatic rings. The van der Waals surface area contributed by atoms with E-state index in [0.29, 0.717) is 44.1 Å². The average Bonchev–Trinajstić information content (AvgIpc) is 3.37. The van der Waals surface area contributed by atoms with E-state index in [-0.39, 0.29) is 5.69 Å². The lowest BCUT2D eigenvalue weighted by molar-refractivity contribution is -0.149. The fourth-order valence-corrected chi connectivity index (χ4v) is 4.96. The normalized spacial score (nSPS) is 15.8. The first kappa shape index (κ1) is 24.5.